The molecule has 106 valence electrons. The SMILES string of the molecule is CCCCCCCC(C)(C)C1(CC(=O)OC)CC1. The van der Waals surface area contributed by atoms with Gasteiger partial charge in [0, 0.05) is 0 Å². The van der Waals surface area contributed by atoms with Gasteiger partial charge in [0.15, 0.2) is 0 Å². The molecule has 0 unspecified atom stereocenters. The van der Waals surface area contributed by atoms with Crippen LogP contribution in [0.2, 0.25) is 0 Å². The molecule has 1 rings (SSSR count). The van der Waals surface area contributed by atoms with Crippen LogP contribution in [0.3, 0.4) is 0 Å². The smallest absolute Gasteiger partial charge is 0.306 e. The standard InChI is InChI=1S/C16H30O2/c1-5-6-7-8-9-10-15(2,3)16(11-12-16)13-14(17)18-4/h5-13H2,1-4H3. The molecule has 18 heavy (non-hydrogen) atoms. The lowest BCUT2D eigenvalue weighted by molar-refractivity contribution is -0.143. The molecule has 0 aromatic heterocycles. The van der Waals surface area contributed by atoms with Crippen molar-refractivity contribution in [2.75, 3.05) is 7.11 Å². The van der Waals surface area contributed by atoms with Crippen LogP contribution in [0, 0.1) is 10.8 Å². The topological polar surface area (TPSA) is 26.3 Å². The lowest BCUT2D eigenvalue weighted by Gasteiger charge is -2.34. The maximum Gasteiger partial charge on any atom is 0.306 e. The molecule has 0 saturated heterocycles. The van der Waals surface area contributed by atoms with Gasteiger partial charge in [0.1, 0.15) is 0 Å². The van der Waals surface area contributed by atoms with E-state index >= 15 is 0 Å². The van der Waals surface area contributed by atoms with Crippen molar-refractivity contribution in [2.45, 2.75) is 78.6 Å². The van der Waals surface area contributed by atoms with E-state index in [1.54, 1.807) is 0 Å². The molecule has 1 saturated carbocycles. The van der Waals surface area contributed by atoms with E-state index in [2.05, 4.69) is 20.8 Å². The Morgan fingerprint density at radius 3 is 2.28 bits per heavy atom. The Balaban J connectivity index is 2.35. The monoisotopic (exact) mass is 254 g/mol. The van der Waals surface area contributed by atoms with Gasteiger partial charge in [-0.2, -0.15) is 0 Å². The maximum absolute atomic E-state index is 11.5. The summed E-state index contributed by atoms with van der Waals surface area (Å²) in [5.41, 5.74) is 0.526. The summed E-state index contributed by atoms with van der Waals surface area (Å²) in [5.74, 6) is -0.0356. The van der Waals surface area contributed by atoms with E-state index in [1.165, 1.54) is 58.5 Å². The molecule has 2 nitrogen and oxygen atoms in total. The summed E-state index contributed by atoms with van der Waals surface area (Å²) in [6.07, 6.45) is 10.9. The van der Waals surface area contributed by atoms with Crippen molar-refractivity contribution >= 4 is 5.97 Å². The molecule has 0 radical (unpaired) electrons. The number of carbonyl (C=O) groups excluding carboxylic acids is 1. The van der Waals surface area contributed by atoms with Crippen molar-refractivity contribution < 1.29 is 9.53 Å². The average Bonchev–Trinajstić information content (AvgIpc) is 3.10. The highest BCUT2D eigenvalue weighted by molar-refractivity contribution is 5.70. The van der Waals surface area contributed by atoms with Crippen LogP contribution in [-0.4, -0.2) is 13.1 Å². The highest BCUT2D eigenvalue weighted by atomic mass is 16.5. The molecule has 0 spiro atoms. The first-order valence-electron chi connectivity index (χ1n) is 7.54. The zero-order valence-electron chi connectivity index (χ0n) is 12.7. The number of esters is 1. The molecule has 1 aliphatic carbocycles. The Morgan fingerprint density at radius 1 is 1.17 bits per heavy atom. The van der Waals surface area contributed by atoms with E-state index in [0.29, 0.717) is 6.42 Å². The van der Waals surface area contributed by atoms with E-state index in [9.17, 15) is 4.79 Å². The van der Waals surface area contributed by atoms with Crippen LogP contribution in [0.4, 0.5) is 0 Å². The third-order valence-electron chi connectivity index (χ3n) is 4.90. The van der Waals surface area contributed by atoms with Gasteiger partial charge in [0.05, 0.1) is 13.5 Å². The van der Waals surface area contributed by atoms with Gasteiger partial charge in [-0.3, -0.25) is 4.79 Å². The molecule has 1 aliphatic rings. The molecule has 0 heterocycles. The third kappa shape index (κ3) is 4.00. The number of methoxy groups -OCH3 is 1. The summed E-state index contributed by atoms with van der Waals surface area (Å²) in [6.45, 7) is 6.92. The molecule has 2 heteroatoms. The summed E-state index contributed by atoms with van der Waals surface area (Å²) >= 11 is 0. The number of hydrogen-bond donors (Lipinski definition) is 0. The predicted molar refractivity (Wildman–Crippen MR) is 75.5 cm³/mol. The van der Waals surface area contributed by atoms with E-state index in [0.717, 1.165) is 0 Å². The van der Waals surface area contributed by atoms with Gasteiger partial charge in [-0.1, -0.05) is 52.9 Å². The fourth-order valence-corrected chi connectivity index (χ4v) is 3.03. The number of rotatable bonds is 9. The van der Waals surface area contributed by atoms with Crippen molar-refractivity contribution in [3.8, 4) is 0 Å². The fourth-order valence-electron chi connectivity index (χ4n) is 3.03. The molecule has 1 fully saturated rings. The molecule has 0 aromatic rings. The summed E-state index contributed by atoms with van der Waals surface area (Å²) in [6, 6.07) is 0. The Morgan fingerprint density at radius 2 is 1.78 bits per heavy atom. The lowest BCUT2D eigenvalue weighted by Crippen LogP contribution is -2.28. The number of ether oxygens (including phenoxy) is 1. The highest BCUT2D eigenvalue weighted by Gasteiger charge is 2.54. The minimum atomic E-state index is -0.0356. The summed E-state index contributed by atoms with van der Waals surface area (Å²) < 4.78 is 4.84. The summed E-state index contributed by atoms with van der Waals surface area (Å²) in [7, 11) is 1.50. The normalized spacial score (nSPS) is 17.6. The quantitative estimate of drug-likeness (QED) is 0.440. The van der Waals surface area contributed by atoms with Crippen LogP contribution in [0.25, 0.3) is 0 Å². The molecular weight excluding hydrogens is 224 g/mol. The van der Waals surface area contributed by atoms with Gasteiger partial charge < -0.3 is 4.74 Å². The fraction of sp³-hybridized carbons (Fsp3) is 0.938. The third-order valence-corrected chi connectivity index (χ3v) is 4.90. The van der Waals surface area contributed by atoms with Gasteiger partial charge >= 0.3 is 5.97 Å². The predicted octanol–water partition coefficient (Wildman–Crippen LogP) is 4.72. The summed E-state index contributed by atoms with van der Waals surface area (Å²) in [4.78, 5) is 11.5. The highest BCUT2D eigenvalue weighted by Crippen LogP contribution is 2.62. The molecule has 0 N–H and O–H groups in total. The van der Waals surface area contributed by atoms with Gasteiger partial charge in [0.2, 0.25) is 0 Å². The van der Waals surface area contributed by atoms with Crippen molar-refractivity contribution in [2.24, 2.45) is 10.8 Å². The Labute approximate surface area is 112 Å². The number of carbonyl (C=O) groups is 1. The average molecular weight is 254 g/mol. The van der Waals surface area contributed by atoms with Crippen molar-refractivity contribution in [3.63, 3.8) is 0 Å². The van der Waals surface area contributed by atoms with E-state index in [-0.39, 0.29) is 16.8 Å². The van der Waals surface area contributed by atoms with Crippen LogP contribution in [0.5, 0.6) is 0 Å². The zero-order chi connectivity index (χ0) is 13.6. The number of hydrogen-bond acceptors (Lipinski definition) is 2. The van der Waals surface area contributed by atoms with Crippen molar-refractivity contribution in [1.29, 1.82) is 0 Å². The minimum Gasteiger partial charge on any atom is -0.469 e. The first kappa shape index (κ1) is 15.5. The molecule has 0 amide bonds. The molecular formula is C16H30O2. The zero-order valence-corrected chi connectivity index (χ0v) is 12.7. The largest absolute Gasteiger partial charge is 0.469 e. The maximum atomic E-state index is 11.5. The van der Waals surface area contributed by atoms with E-state index in [4.69, 9.17) is 4.74 Å². The first-order valence-corrected chi connectivity index (χ1v) is 7.54. The van der Waals surface area contributed by atoms with Crippen molar-refractivity contribution in [1.82, 2.24) is 0 Å². The van der Waals surface area contributed by atoms with Crippen molar-refractivity contribution in [3.05, 3.63) is 0 Å². The Hall–Kier alpha value is -0.530. The van der Waals surface area contributed by atoms with Gasteiger partial charge in [-0.15, -0.1) is 0 Å². The molecule has 0 aliphatic heterocycles. The van der Waals surface area contributed by atoms with E-state index in [1.807, 2.05) is 0 Å². The summed E-state index contributed by atoms with van der Waals surface area (Å²) in [5, 5.41) is 0. The van der Waals surface area contributed by atoms with Crippen LogP contribution in [0.15, 0.2) is 0 Å². The van der Waals surface area contributed by atoms with Gasteiger partial charge in [-0.05, 0) is 30.1 Å². The van der Waals surface area contributed by atoms with Gasteiger partial charge in [0.25, 0.3) is 0 Å². The van der Waals surface area contributed by atoms with Gasteiger partial charge in [-0.25, -0.2) is 0 Å². The van der Waals surface area contributed by atoms with Crippen LogP contribution >= 0.6 is 0 Å². The Bertz CT molecular complexity index is 264. The minimum absolute atomic E-state index is 0.0356. The molecule has 0 aromatic carbocycles. The van der Waals surface area contributed by atoms with E-state index < -0.39 is 0 Å². The van der Waals surface area contributed by atoms with Crippen LogP contribution < -0.4 is 0 Å². The first-order chi connectivity index (χ1) is 8.47. The Kier molecular flexibility index (Phi) is 5.68. The number of unbranched alkanes of at least 4 members (excludes halogenated alkanes) is 4. The molecule has 0 bridgehead atoms. The second-order valence-electron chi connectivity index (χ2n) is 6.58. The second-order valence-corrected chi connectivity index (χ2v) is 6.58. The van der Waals surface area contributed by atoms with Crippen LogP contribution in [0.1, 0.15) is 78.6 Å². The molecule has 0 atom stereocenters. The lowest BCUT2D eigenvalue weighted by atomic mass is 9.70. The van der Waals surface area contributed by atoms with Crippen LogP contribution in [-0.2, 0) is 9.53 Å². The second kappa shape index (κ2) is 6.58.